The molecule has 0 spiro atoms. The van der Waals surface area contributed by atoms with Gasteiger partial charge in [0.1, 0.15) is 0 Å². The smallest absolute Gasteiger partial charge is 0.304 e. The Morgan fingerprint density at radius 2 is 1.93 bits per heavy atom. The lowest BCUT2D eigenvalue weighted by molar-refractivity contribution is -0.138. The quantitative estimate of drug-likeness (QED) is 0.825. The highest BCUT2D eigenvalue weighted by Crippen LogP contribution is 2.30. The van der Waals surface area contributed by atoms with Crippen LogP contribution < -0.4 is 0 Å². The van der Waals surface area contributed by atoms with E-state index in [9.17, 15) is 4.79 Å². The lowest BCUT2D eigenvalue weighted by Gasteiger charge is -2.25. The third kappa shape index (κ3) is 2.82. The third-order valence-corrected chi connectivity index (χ3v) is 2.72. The summed E-state index contributed by atoms with van der Waals surface area (Å²) < 4.78 is 0. The predicted octanol–water partition coefficient (Wildman–Crippen LogP) is 3.06. The van der Waals surface area contributed by atoms with E-state index in [1.807, 2.05) is 33.8 Å². The number of aliphatic carboxylic acids is 1. The van der Waals surface area contributed by atoms with Gasteiger partial charge in [-0.15, -0.1) is 0 Å². The van der Waals surface area contributed by atoms with Crippen molar-refractivity contribution < 1.29 is 9.90 Å². The first-order chi connectivity index (χ1) is 6.83. The topological polar surface area (TPSA) is 37.3 Å². The molecule has 0 amide bonds. The summed E-state index contributed by atoms with van der Waals surface area (Å²) in [4.78, 5) is 10.8. The maximum Gasteiger partial charge on any atom is 0.304 e. The van der Waals surface area contributed by atoms with Crippen LogP contribution in [0.5, 0.6) is 0 Å². The Morgan fingerprint density at radius 1 is 1.33 bits per heavy atom. The Balaban J connectivity index is 3.13. The zero-order chi connectivity index (χ0) is 11.6. The van der Waals surface area contributed by atoms with Crippen LogP contribution in [-0.4, -0.2) is 11.1 Å². The van der Waals surface area contributed by atoms with Crippen LogP contribution in [0.25, 0.3) is 0 Å². The molecule has 0 aromatic heterocycles. The minimum Gasteiger partial charge on any atom is -0.481 e. The average Bonchev–Trinajstić information content (AvgIpc) is 2.06. The number of carboxylic acids is 1. The second kappa shape index (κ2) is 4.05. The Labute approximate surface area is 90.9 Å². The van der Waals surface area contributed by atoms with Crippen LogP contribution in [0.4, 0.5) is 0 Å². The molecule has 2 nitrogen and oxygen atoms in total. The van der Waals surface area contributed by atoms with Gasteiger partial charge in [-0.3, -0.25) is 4.79 Å². The summed E-state index contributed by atoms with van der Waals surface area (Å²) in [5, 5.41) is 8.87. The molecular weight excluding hydrogens is 188 g/mol. The van der Waals surface area contributed by atoms with Gasteiger partial charge in [0, 0.05) is 5.41 Å². The lowest BCUT2D eigenvalue weighted by atomic mass is 9.79. The van der Waals surface area contributed by atoms with E-state index in [-0.39, 0.29) is 11.8 Å². The van der Waals surface area contributed by atoms with E-state index in [1.165, 1.54) is 5.56 Å². The second-order valence-electron chi connectivity index (χ2n) is 4.77. The number of benzene rings is 1. The molecule has 82 valence electrons. The number of carboxylic acid groups (broad SMARTS) is 1. The molecule has 0 aliphatic rings. The van der Waals surface area contributed by atoms with Crippen LogP contribution in [0.1, 0.15) is 37.0 Å². The van der Waals surface area contributed by atoms with Crippen molar-refractivity contribution >= 4 is 5.97 Å². The van der Waals surface area contributed by atoms with E-state index >= 15 is 0 Å². The normalized spacial score (nSPS) is 11.5. The summed E-state index contributed by atoms with van der Waals surface area (Å²) >= 11 is 0. The Bertz CT molecular complexity index is 378. The fourth-order valence-electron chi connectivity index (χ4n) is 1.94. The largest absolute Gasteiger partial charge is 0.481 e. The molecule has 0 saturated carbocycles. The first kappa shape index (κ1) is 11.8. The molecule has 1 N–H and O–H groups in total. The van der Waals surface area contributed by atoms with E-state index < -0.39 is 5.97 Å². The Kier molecular flexibility index (Phi) is 3.18. The first-order valence-corrected chi connectivity index (χ1v) is 5.12. The average molecular weight is 206 g/mol. The monoisotopic (exact) mass is 206 g/mol. The minimum absolute atomic E-state index is 0.164. The summed E-state index contributed by atoms with van der Waals surface area (Å²) in [6.45, 7) is 8.00. The SMILES string of the molecule is Cc1ccc(C)c(C(C)(C)CC(=O)O)c1. The van der Waals surface area contributed by atoms with Gasteiger partial charge in [0.25, 0.3) is 0 Å². The molecule has 0 atom stereocenters. The molecule has 0 saturated heterocycles. The zero-order valence-corrected chi connectivity index (χ0v) is 9.79. The van der Waals surface area contributed by atoms with Crippen molar-refractivity contribution in [2.75, 3.05) is 0 Å². The Morgan fingerprint density at radius 3 is 2.47 bits per heavy atom. The summed E-state index contributed by atoms with van der Waals surface area (Å²) in [6.07, 6.45) is 0.164. The third-order valence-electron chi connectivity index (χ3n) is 2.72. The van der Waals surface area contributed by atoms with Crippen LogP contribution in [0, 0.1) is 13.8 Å². The molecule has 0 aliphatic heterocycles. The van der Waals surface area contributed by atoms with Gasteiger partial charge in [-0.25, -0.2) is 0 Å². The molecule has 0 heterocycles. The standard InChI is InChI=1S/C13H18O2/c1-9-5-6-10(2)11(7-9)13(3,4)8-12(14)15/h5-7H,8H2,1-4H3,(H,14,15). The van der Waals surface area contributed by atoms with Crippen molar-refractivity contribution in [1.82, 2.24) is 0 Å². The van der Waals surface area contributed by atoms with Crippen molar-refractivity contribution in [3.8, 4) is 0 Å². The molecule has 0 aliphatic carbocycles. The number of hydrogen-bond donors (Lipinski definition) is 1. The molecule has 0 bridgehead atoms. The highest BCUT2D eigenvalue weighted by molar-refractivity contribution is 5.69. The van der Waals surface area contributed by atoms with Gasteiger partial charge in [0.05, 0.1) is 6.42 Å². The molecule has 0 radical (unpaired) electrons. The Hall–Kier alpha value is -1.31. The summed E-state index contributed by atoms with van der Waals surface area (Å²) in [5.41, 5.74) is 3.16. The van der Waals surface area contributed by atoms with Gasteiger partial charge in [0.15, 0.2) is 0 Å². The van der Waals surface area contributed by atoms with E-state index in [0.717, 1.165) is 11.1 Å². The fourth-order valence-corrected chi connectivity index (χ4v) is 1.94. The highest BCUT2D eigenvalue weighted by Gasteiger charge is 2.25. The number of carbonyl (C=O) groups is 1. The molecule has 2 heteroatoms. The maximum atomic E-state index is 10.8. The first-order valence-electron chi connectivity index (χ1n) is 5.12. The number of aryl methyl sites for hydroxylation is 2. The minimum atomic E-state index is -0.749. The van der Waals surface area contributed by atoms with E-state index in [2.05, 4.69) is 12.1 Å². The summed E-state index contributed by atoms with van der Waals surface area (Å²) in [6, 6.07) is 6.18. The zero-order valence-electron chi connectivity index (χ0n) is 9.79. The lowest BCUT2D eigenvalue weighted by Crippen LogP contribution is -2.22. The molecule has 1 aromatic carbocycles. The van der Waals surface area contributed by atoms with Gasteiger partial charge in [-0.1, -0.05) is 37.6 Å². The van der Waals surface area contributed by atoms with Gasteiger partial charge >= 0.3 is 5.97 Å². The van der Waals surface area contributed by atoms with Crippen molar-refractivity contribution in [1.29, 1.82) is 0 Å². The van der Waals surface area contributed by atoms with Crippen molar-refractivity contribution in [2.45, 2.75) is 39.5 Å². The van der Waals surface area contributed by atoms with Crippen molar-refractivity contribution in [3.63, 3.8) is 0 Å². The van der Waals surface area contributed by atoms with Crippen LogP contribution in [-0.2, 0) is 10.2 Å². The maximum absolute atomic E-state index is 10.8. The second-order valence-corrected chi connectivity index (χ2v) is 4.77. The van der Waals surface area contributed by atoms with Gasteiger partial charge in [0.2, 0.25) is 0 Å². The molecular formula is C13H18O2. The highest BCUT2D eigenvalue weighted by atomic mass is 16.4. The van der Waals surface area contributed by atoms with Gasteiger partial charge < -0.3 is 5.11 Å². The van der Waals surface area contributed by atoms with E-state index in [1.54, 1.807) is 0 Å². The molecule has 1 rings (SSSR count). The molecule has 0 unspecified atom stereocenters. The van der Waals surface area contributed by atoms with Gasteiger partial charge in [-0.05, 0) is 25.0 Å². The predicted molar refractivity (Wildman–Crippen MR) is 61.2 cm³/mol. The molecule has 1 aromatic rings. The van der Waals surface area contributed by atoms with E-state index in [4.69, 9.17) is 5.11 Å². The van der Waals surface area contributed by atoms with Crippen molar-refractivity contribution in [3.05, 3.63) is 34.9 Å². The fraction of sp³-hybridized carbons (Fsp3) is 0.462. The number of hydrogen-bond acceptors (Lipinski definition) is 1. The molecule has 0 fully saturated rings. The summed E-state index contributed by atoms with van der Waals surface area (Å²) in [7, 11) is 0. The van der Waals surface area contributed by atoms with E-state index in [0.29, 0.717) is 0 Å². The summed E-state index contributed by atoms with van der Waals surface area (Å²) in [5.74, 6) is -0.749. The van der Waals surface area contributed by atoms with Crippen LogP contribution in [0.15, 0.2) is 18.2 Å². The van der Waals surface area contributed by atoms with Crippen LogP contribution >= 0.6 is 0 Å². The van der Waals surface area contributed by atoms with Crippen LogP contribution in [0.2, 0.25) is 0 Å². The van der Waals surface area contributed by atoms with Gasteiger partial charge in [-0.2, -0.15) is 0 Å². The number of rotatable bonds is 3. The van der Waals surface area contributed by atoms with Crippen LogP contribution in [0.3, 0.4) is 0 Å². The van der Waals surface area contributed by atoms with Crippen molar-refractivity contribution in [2.24, 2.45) is 0 Å². The molecule has 15 heavy (non-hydrogen) atoms.